The van der Waals surface area contributed by atoms with Crippen molar-refractivity contribution < 1.29 is 24.2 Å². The van der Waals surface area contributed by atoms with Crippen molar-refractivity contribution >= 4 is 34.7 Å². The molecule has 0 radical (unpaired) electrons. The molecule has 35 heavy (non-hydrogen) atoms. The number of carboxylic acid groups (broad SMARTS) is 1. The molecule has 1 heterocycles. The number of carboxylic acids is 1. The zero-order chi connectivity index (χ0) is 24.9. The number of halogens is 1. The van der Waals surface area contributed by atoms with Crippen LogP contribution in [0, 0.1) is 5.82 Å². The first-order valence-electron chi connectivity index (χ1n) is 11.0. The van der Waals surface area contributed by atoms with E-state index >= 15 is 0 Å². The minimum atomic E-state index is -1.11. The molecule has 4 rings (SSSR count). The van der Waals surface area contributed by atoms with Crippen molar-refractivity contribution in [2.45, 2.75) is 26.2 Å². The number of aryl methyl sites for hydroxylation is 2. The number of hydrogen-bond donors (Lipinski definition) is 3. The second-order valence-corrected chi connectivity index (χ2v) is 7.99. The second kappa shape index (κ2) is 10.2. The molecular weight excluding hydrogens is 451 g/mol. The van der Waals surface area contributed by atoms with Crippen LogP contribution < -0.4 is 10.4 Å². The van der Waals surface area contributed by atoms with E-state index in [0.717, 1.165) is 5.01 Å². The van der Waals surface area contributed by atoms with E-state index in [1.165, 1.54) is 24.3 Å². The molecule has 0 atom stereocenters. The number of carbonyl (C=O) groups excluding carboxylic acids is 1. The van der Waals surface area contributed by atoms with Gasteiger partial charge in [0.25, 0.3) is 0 Å². The van der Waals surface area contributed by atoms with Gasteiger partial charge < -0.3 is 10.2 Å². The highest BCUT2D eigenvalue weighted by Gasteiger charge is 2.31. The summed E-state index contributed by atoms with van der Waals surface area (Å²) in [5, 5.41) is 29.3. The van der Waals surface area contributed by atoms with E-state index in [1.54, 1.807) is 49.4 Å². The van der Waals surface area contributed by atoms with Crippen LogP contribution in [0.5, 0.6) is 5.75 Å². The van der Waals surface area contributed by atoms with E-state index in [1.807, 2.05) is 0 Å². The molecule has 3 N–H and O–H groups in total. The van der Waals surface area contributed by atoms with E-state index in [2.05, 4.69) is 15.6 Å². The topological polar surface area (TPSA) is 115 Å². The molecule has 1 aliphatic rings. The number of amides is 1. The number of phenols is 1. The van der Waals surface area contributed by atoms with E-state index in [-0.39, 0.29) is 22.8 Å². The Balaban J connectivity index is 1.45. The Morgan fingerprint density at radius 3 is 2.54 bits per heavy atom. The number of hydrogen-bond acceptors (Lipinski definition) is 6. The van der Waals surface area contributed by atoms with Gasteiger partial charge in [0.1, 0.15) is 11.6 Å². The number of anilines is 2. The van der Waals surface area contributed by atoms with Crippen molar-refractivity contribution in [2.75, 3.05) is 10.4 Å². The Labute approximate surface area is 201 Å². The van der Waals surface area contributed by atoms with Crippen molar-refractivity contribution in [1.29, 1.82) is 0 Å². The Kier molecular flexibility index (Phi) is 6.86. The van der Waals surface area contributed by atoms with Crippen LogP contribution >= 0.6 is 0 Å². The van der Waals surface area contributed by atoms with Crippen molar-refractivity contribution in [1.82, 2.24) is 0 Å². The molecule has 0 saturated carbocycles. The predicted molar refractivity (Wildman–Crippen MR) is 132 cm³/mol. The lowest BCUT2D eigenvalue weighted by atomic mass is 10.0. The van der Waals surface area contributed by atoms with Gasteiger partial charge in [0.05, 0.1) is 22.6 Å². The third-order valence-corrected chi connectivity index (χ3v) is 5.58. The highest BCUT2D eigenvalue weighted by atomic mass is 19.1. The third kappa shape index (κ3) is 5.19. The van der Waals surface area contributed by atoms with Crippen LogP contribution in [-0.4, -0.2) is 33.5 Å². The minimum Gasteiger partial charge on any atom is -0.505 e. The third-order valence-electron chi connectivity index (χ3n) is 5.58. The van der Waals surface area contributed by atoms with Crippen molar-refractivity contribution in [3.63, 3.8) is 0 Å². The van der Waals surface area contributed by atoms with Crippen molar-refractivity contribution in [3.05, 3.63) is 89.2 Å². The monoisotopic (exact) mass is 474 g/mol. The molecule has 0 fully saturated rings. The normalized spacial score (nSPS) is 14.3. The van der Waals surface area contributed by atoms with Gasteiger partial charge in [-0.1, -0.05) is 36.4 Å². The molecule has 0 unspecified atom stereocenters. The molecule has 0 aliphatic carbocycles. The maximum atomic E-state index is 13.8. The zero-order valence-corrected chi connectivity index (χ0v) is 18.9. The van der Waals surface area contributed by atoms with Gasteiger partial charge in [-0.05, 0) is 67.6 Å². The zero-order valence-electron chi connectivity index (χ0n) is 18.9. The maximum absolute atomic E-state index is 13.8. The number of rotatable bonds is 8. The highest BCUT2D eigenvalue weighted by molar-refractivity contribution is 6.71. The van der Waals surface area contributed by atoms with Gasteiger partial charge in [-0.3, -0.25) is 10.2 Å². The number of para-hydroxylation sites is 1. The van der Waals surface area contributed by atoms with Gasteiger partial charge in [0, 0.05) is 0 Å². The van der Waals surface area contributed by atoms with Gasteiger partial charge in [-0.25, -0.2) is 9.18 Å². The average Bonchev–Trinajstić information content (AvgIpc) is 3.13. The van der Waals surface area contributed by atoms with Gasteiger partial charge in [0.15, 0.2) is 5.71 Å². The standard InChI is InChI=1S/C26H23FN4O4/c1-16-23(25(33)31(30-16)20-12-5-11-19(15-20)26(34)35)29-28-22-14-6-10-18(24(22)32)9-4-8-17-7-2-3-13-21(17)27/h2-3,5-7,10-15,28,32H,4,8-9H2,1H3,(H,34,35)/b29-23-. The average molecular weight is 474 g/mol. The number of aromatic hydroxyl groups is 1. The number of phenolic OH excluding ortho intramolecular Hbond substituents is 1. The van der Waals surface area contributed by atoms with E-state index in [9.17, 15) is 24.2 Å². The van der Waals surface area contributed by atoms with E-state index in [0.29, 0.717) is 47.5 Å². The summed E-state index contributed by atoms with van der Waals surface area (Å²) >= 11 is 0. The van der Waals surface area contributed by atoms with E-state index < -0.39 is 11.9 Å². The summed E-state index contributed by atoms with van der Waals surface area (Å²) in [5.74, 6) is -1.89. The van der Waals surface area contributed by atoms with Gasteiger partial charge in [-0.2, -0.15) is 15.2 Å². The van der Waals surface area contributed by atoms with Crippen LogP contribution in [0.25, 0.3) is 0 Å². The first-order valence-corrected chi connectivity index (χ1v) is 11.0. The Bertz CT molecular complexity index is 1350. The molecule has 3 aromatic carbocycles. The Morgan fingerprint density at radius 1 is 1.06 bits per heavy atom. The molecule has 1 aliphatic heterocycles. The summed E-state index contributed by atoms with van der Waals surface area (Å²) in [4.78, 5) is 24.1. The quantitative estimate of drug-likeness (QED) is 0.326. The van der Waals surface area contributed by atoms with Crippen LogP contribution in [0.2, 0.25) is 0 Å². The number of nitrogens with zero attached hydrogens (tertiary/aromatic N) is 3. The lowest BCUT2D eigenvalue weighted by Crippen LogP contribution is -2.28. The Morgan fingerprint density at radius 2 is 1.77 bits per heavy atom. The van der Waals surface area contributed by atoms with Gasteiger partial charge in [-0.15, -0.1) is 0 Å². The second-order valence-electron chi connectivity index (χ2n) is 7.99. The van der Waals surface area contributed by atoms with Crippen LogP contribution in [0.1, 0.15) is 34.8 Å². The number of hydrazone groups is 2. The van der Waals surface area contributed by atoms with Crippen molar-refractivity contribution in [2.24, 2.45) is 10.2 Å². The fraction of sp³-hybridized carbons (Fsp3) is 0.154. The molecule has 178 valence electrons. The smallest absolute Gasteiger partial charge is 0.335 e. The lowest BCUT2D eigenvalue weighted by molar-refractivity contribution is -0.112. The predicted octanol–water partition coefficient (Wildman–Crippen LogP) is 4.60. The van der Waals surface area contributed by atoms with Crippen molar-refractivity contribution in [3.8, 4) is 5.75 Å². The number of benzene rings is 3. The molecule has 9 heteroatoms. The van der Waals surface area contributed by atoms with Crippen LogP contribution in [0.15, 0.2) is 76.9 Å². The molecule has 0 spiro atoms. The molecule has 8 nitrogen and oxygen atoms in total. The molecule has 3 aromatic rings. The summed E-state index contributed by atoms with van der Waals surface area (Å²) in [5.41, 5.74) is 5.05. The van der Waals surface area contributed by atoms with Crippen LogP contribution in [0.4, 0.5) is 15.8 Å². The summed E-state index contributed by atoms with van der Waals surface area (Å²) in [7, 11) is 0. The Hall–Kier alpha value is -4.53. The first-order chi connectivity index (χ1) is 16.8. The summed E-state index contributed by atoms with van der Waals surface area (Å²) in [6, 6.07) is 17.6. The maximum Gasteiger partial charge on any atom is 0.335 e. The molecule has 0 bridgehead atoms. The fourth-order valence-electron chi connectivity index (χ4n) is 3.74. The van der Waals surface area contributed by atoms with Crippen LogP contribution in [-0.2, 0) is 17.6 Å². The van der Waals surface area contributed by atoms with Gasteiger partial charge >= 0.3 is 11.9 Å². The summed E-state index contributed by atoms with van der Waals surface area (Å²) < 4.78 is 13.8. The molecule has 1 amide bonds. The summed E-state index contributed by atoms with van der Waals surface area (Å²) in [6.45, 7) is 1.61. The fourth-order valence-corrected chi connectivity index (χ4v) is 3.74. The first kappa shape index (κ1) is 23.6. The minimum absolute atomic E-state index is 0.00330. The molecule has 0 aromatic heterocycles. The van der Waals surface area contributed by atoms with E-state index in [4.69, 9.17) is 0 Å². The molecular formula is C26H23FN4O4. The highest BCUT2D eigenvalue weighted by Crippen LogP contribution is 2.29. The summed E-state index contributed by atoms with van der Waals surface area (Å²) in [6.07, 6.45) is 1.70. The molecule has 0 saturated heterocycles. The number of nitrogens with one attached hydrogen (secondary N) is 1. The number of carbonyl (C=O) groups is 2. The lowest BCUT2D eigenvalue weighted by Gasteiger charge is -2.12. The largest absolute Gasteiger partial charge is 0.505 e. The van der Waals surface area contributed by atoms with Gasteiger partial charge in [0.2, 0.25) is 0 Å². The van der Waals surface area contributed by atoms with Crippen LogP contribution in [0.3, 0.4) is 0 Å². The number of aromatic carboxylic acids is 1. The SMILES string of the molecule is CC1=NN(c2cccc(C(=O)O)c2)C(=O)/C1=N\Nc1cccc(CCCc2ccccc2F)c1O.